The van der Waals surface area contributed by atoms with Gasteiger partial charge in [-0.2, -0.15) is 0 Å². The van der Waals surface area contributed by atoms with Crippen LogP contribution in [0.2, 0.25) is 0 Å². The Balaban J connectivity index is 1.58. The van der Waals surface area contributed by atoms with Gasteiger partial charge in [-0.25, -0.2) is 0 Å². The SMILES string of the molecule is C=CC[C@@H]1O[C@H](CI)[C@@H](OCc2ccccc2)[C@H](OCc2ccccc2)[C@H]1OCc1ccccc1. The number of hydrogen-bond donors (Lipinski definition) is 0. The van der Waals surface area contributed by atoms with Crippen LogP contribution in [0.4, 0.5) is 0 Å². The highest BCUT2D eigenvalue weighted by molar-refractivity contribution is 14.1. The van der Waals surface area contributed by atoms with Gasteiger partial charge in [0.05, 0.1) is 32.0 Å². The van der Waals surface area contributed by atoms with E-state index in [1.54, 1.807) is 0 Å². The van der Waals surface area contributed by atoms with Crippen LogP contribution in [0.15, 0.2) is 104 Å². The van der Waals surface area contributed by atoms with Gasteiger partial charge in [0.1, 0.15) is 18.3 Å². The fourth-order valence-corrected chi connectivity index (χ4v) is 5.07. The third-order valence-corrected chi connectivity index (χ3v) is 7.01. The van der Waals surface area contributed by atoms with Crippen molar-refractivity contribution in [3.63, 3.8) is 0 Å². The first kappa shape index (κ1) is 26.0. The third-order valence-electron chi connectivity index (χ3n) is 6.14. The summed E-state index contributed by atoms with van der Waals surface area (Å²) in [6.45, 7) is 5.42. The summed E-state index contributed by atoms with van der Waals surface area (Å²) in [6.07, 6.45) is 1.46. The lowest BCUT2D eigenvalue weighted by Gasteiger charge is -2.46. The fraction of sp³-hybridized carbons (Fsp3) is 0.333. The van der Waals surface area contributed by atoms with E-state index in [-0.39, 0.29) is 30.5 Å². The molecule has 35 heavy (non-hydrogen) atoms. The van der Waals surface area contributed by atoms with Crippen molar-refractivity contribution in [1.82, 2.24) is 0 Å². The molecular weight excluding hydrogens is 551 g/mol. The van der Waals surface area contributed by atoms with Crippen molar-refractivity contribution >= 4 is 22.6 Å². The second-order valence-electron chi connectivity index (χ2n) is 8.68. The first-order chi connectivity index (χ1) is 17.3. The molecule has 3 aromatic carbocycles. The zero-order chi connectivity index (χ0) is 24.3. The minimum atomic E-state index is -0.295. The van der Waals surface area contributed by atoms with Crippen LogP contribution in [-0.2, 0) is 38.8 Å². The molecule has 5 heteroatoms. The summed E-state index contributed by atoms with van der Waals surface area (Å²) in [4.78, 5) is 0. The summed E-state index contributed by atoms with van der Waals surface area (Å²) in [5.74, 6) is 0. The monoisotopic (exact) mass is 584 g/mol. The molecule has 4 nitrogen and oxygen atoms in total. The van der Waals surface area contributed by atoms with Crippen LogP contribution in [0.25, 0.3) is 0 Å². The van der Waals surface area contributed by atoms with E-state index in [1.165, 1.54) is 0 Å². The Hall–Kier alpha value is -2.03. The normalized spacial score (nSPS) is 24.2. The van der Waals surface area contributed by atoms with Gasteiger partial charge in [0.15, 0.2) is 0 Å². The molecule has 1 aliphatic rings. The molecule has 1 aliphatic heterocycles. The smallest absolute Gasteiger partial charge is 0.115 e. The maximum Gasteiger partial charge on any atom is 0.115 e. The van der Waals surface area contributed by atoms with E-state index in [9.17, 15) is 0 Å². The minimum Gasteiger partial charge on any atom is -0.368 e. The molecular formula is C30H33IO4. The fourth-order valence-electron chi connectivity index (χ4n) is 4.36. The molecule has 0 aromatic heterocycles. The summed E-state index contributed by atoms with van der Waals surface area (Å²) in [6, 6.07) is 30.7. The molecule has 0 spiro atoms. The van der Waals surface area contributed by atoms with E-state index in [0.29, 0.717) is 26.2 Å². The minimum absolute atomic E-state index is 0.110. The lowest BCUT2D eigenvalue weighted by Crippen LogP contribution is -2.60. The lowest BCUT2D eigenvalue weighted by molar-refractivity contribution is -0.259. The van der Waals surface area contributed by atoms with Crippen LogP contribution in [0, 0.1) is 0 Å². The lowest BCUT2D eigenvalue weighted by atomic mass is 9.93. The van der Waals surface area contributed by atoms with Gasteiger partial charge in [-0.3, -0.25) is 0 Å². The van der Waals surface area contributed by atoms with Crippen molar-refractivity contribution in [3.8, 4) is 0 Å². The Bertz CT molecular complexity index is 999. The Morgan fingerprint density at radius 1 is 0.629 bits per heavy atom. The van der Waals surface area contributed by atoms with E-state index in [0.717, 1.165) is 21.1 Å². The number of halogens is 1. The molecule has 184 valence electrons. The highest BCUT2D eigenvalue weighted by atomic mass is 127. The largest absolute Gasteiger partial charge is 0.368 e. The van der Waals surface area contributed by atoms with Gasteiger partial charge in [0.25, 0.3) is 0 Å². The van der Waals surface area contributed by atoms with E-state index in [2.05, 4.69) is 65.6 Å². The summed E-state index contributed by atoms with van der Waals surface area (Å²) in [7, 11) is 0. The van der Waals surface area contributed by atoms with Crippen molar-refractivity contribution in [1.29, 1.82) is 0 Å². The van der Waals surface area contributed by atoms with Crippen molar-refractivity contribution in [2.24, 2.45) is 0 Å². The molecule has 0 N–H and O–H groups in total. The molecule has 0 unspecified atom stereocenters. The van der Waals surface area contributed by atoms with Gasteiger partial charge >= 0.3 is 0 Å². The van der Waals surface area contributed by atoms with Gasteiger partial charge in [-0.15, -0.1) is 6.58 Å². The van der Waals surface area contributed by atoms with Gasteiger partial charge < -0.3 is 18.9 Å². The van der Waals surface area contributed by atoms with Crippen LogP contribution >= 0.6 is 22.6 Å². The van der Waals surface area contributed by atoms with Crippen LogP contribution in [0.5, 0.6) is 0 Å². The number of hydrogen-bond acceptors (Lipinski definition) is 4. The van der Waals surface area contributed by atoms with Crippen LogP contribution < -0.4 is 0 Å². The second kappa shape index (κ2) is 13.9. The number of benzene rings is 3. The Labute approximate surface area is 222 Å². The first-order valence-corrected chi connectivity index (χ1v) is 13.6. The van der Waals surface area contributed by atoms with Crippen LogP contribution in [-0.4, -0.2) is 34.9 Å². The highest BCUT2D eigenvalue weighted by Crippen LogP contribution is 2.32. The highest BCUT2D eigenvalue weighted by Gasteiger charge is 2.47. The quantitative estimate of drug-likeness (QED) is 0.138. The standard InChI is InChI=1S/C30H33IO4/c1-2-12-26-28(32-20-23-13-6-3-7-14-23)30(34-22-25-17-10-5-11-18-25)29(27(19-31)35-26)33-21-24-15-8-4-9-16-24/h2-11,13-18,26-30H,1,12,19-22H2/t26-,27+,28-,29+,30+/m0/s1. The summed E-state index contributed by atoms with van der Waals surface area (Å²) < 4.78 is 27.0. The van der Waals surface area contributed by atoms with E-state index in [1.807, 2.05) is 60.7 Å². The molecule has 0 bridgehead atoms. The average Bonchev–Trinajstić information content (AvgIpc) is 2.92. The summed E-state index contributed by atoms with van der Waals surface area (Å²) in [5, 5.41) is 0. The zero-order valence-corrected chi connectivity index (χ0v) is 22.0. The third kappa shape index (κ3) is 7.48. The van der Waals surface area contributed by atoms with E-state index in [4.69, 9.17) is 18.9 Å². The molecule has 0 amide bonds. The molecule has 1 heterocycles. The maximum atomic E-state index is 6.61. The predicted molar refractivity (Wildman–Crippen MR) is 147 cm³/mol. The van der Waals surface area contributed by atoms with Crippen LogP contribution in [0.3, 0.4) is 0 Å². The maximum absolute atomic E-state index is 6.61. The molecule has 1 fully saturated rings. The van der Waals surface area contributed by atoms with Gasteiger partial charge in [0.2, 0.25) is 0 Å². The Morgan fingerprint density at radius 2 is 1.03 bits per heavy atom. The predicted octanol–water partition coefficient (Wildman–Crippen LogP) is 6.52. The van der Waals surface area contributed by atoms with Crippen molar-refractivity contribution in [2.45, 2.75) is 56.8 Å². The van der Waals surface area contributed by atoms with Crippen molar-refractivity contribution in [2.75, 3.05) is 4.43 Å². The number of rotatable bonds is 12. The van der Waals surface area contributed by atoms with Gasteiger partial charge in [0, 0.05) is 4.43 Å². The molecule has 0 radical (unpaired) electrons. The average molecular weight is 584 g/mol. The molecule has 5 atom stereocenters. The molecule has 4 rings (SSSR count). The first-order valence-electron chi connectivity index (χ1n) is 12.1. The topological polar surface area (TPSA) is 36.9 Å². The van der Waals surface area contributed by atoms with Crippen molar-refractivity contribution in [3.05, 3.63) is 120 Å². The second-order valence-corrected chi connectivity index (χ2v) is 9.56. The van der Waals surface area contributed by atoms with Crippen LogP contribution in [0.1, 0.15) is 23.1 Å². The molecule has 0 aliphatic carbocycles. The molecule has 0 saturated carbocycles. The number of ether oxygens (including phenoxy) is 4. The Morgan fingerprint density at radius 3 is 1.43 bits per heavy atom. The number of alkyl halides is 1. The van der Waals surface area contributed by atoms with Gasteiger partial charge in [-0.1, -0.05) is 120 Å². The van der Waals surface area contributed by atoms with E-state index >= 15 is 0 Å². The molecule has 1 saturated heterocycles. The Kier molecular flexibility index (Phi) is 10.3. The van der Waals surface area contributed by atoms with Crippen molar-refractivity contribution < 1.29 is 18.9 Å². The molecule has 3 aromatic rings. The summed E-state index contributed by atoms with van der Waals surface area (Å²) >= 11 is 2.38. The summed E-state index contributed by atoms with van der Waals surface area (Å²) in [5.41, 5.74) is 3.36. The van der Waals surface area contributed by atoms with E-state index < -0.39 is 0 Å². The zero-order valence-electron chi connectivity index (χ0n) is 19.9. The van der Waals surface area contributed by atoms with Gasteiger partial charge in [-0.05, 0) is 23.1 Å².